The van der Waals surface area contributed by atoms with Crippen LogP contribution in [0.3, 0.4) is 0 Å². The maximum absolute atomic E-state index is 11.8. The Morgan fingerprint density at radius 1 is 1.26 bits per heavy atom. The molecule has 0 saturated carbocycles. The standard InChI is InChI=1S/C12H25N3O3S/c1-10(2)11-4-8-15(9-5-11)12(16)13-6-7-14-19(3,17)18/h10-11,14H,4-9H2,1-3H3,(H,13,16). The van der Waals surface area contributed by atoms with E-state index in [-0.39, 0.29) is 12.6 Å². The Hall–Kier alpha value is -0.820. The number of piperidine rings is 1. The molecule has 2 N–H and O–H groups in total. The summed E-state index contributed by atoms with van der Waals surface area (Å²) < 4.78 is 24.0. The summed E-state index contributed by atoms with van der Waals surface area (Å²) in [6.07, 6.45) is 3.20. The molecule has 0 aromatic rings. The summed E-state index contributed by atoms with van der Waals surface area (Å²) in [5.41, 5.74) is 0. The van der Waals surface area contributed by atoms with Crippen molar-refractivity contribution in [3.05, 3.63) is 0 Å². The first-order valence-electron chi connectivity index (χ1n) is 6.77. The number of nitrogens with one attached hydrogen (secondary N) is 2. The Kier molecular flexibility index (Phi) is 6.06. The molecular formula is C12H25N3O3S. The Balaban J connectivity index is 2.21. The Bertz CT molecular complexity index is 387. The van der Waals surface area contributed by atoms with Crippen molar-refractivity contribution >= 4 is 16.1 Å². The summed E-state index contributed by atoms with van der Waals surface area (Å²) in [4.78, 5) is 13.6. The van der Waals surface area contributed by atoms with Gasteiger partial charge in [0.05, 0.1) is 6.26 Å². The van der Waals surface area contributed by atoms with Crippen LogP contribution in [0.1, 0.15) is 26.7 Å². The van der Waals surface area contributed by atoms with Gasteiger partial charge in [-0.2, -0.15) is 0 Å². The quantitative estimate of drug-likeness (QED) is 0.729. The third kappa shape index (κ3) is 6.24. The number of carbonyl (C=O) groups excluding carboxylic acids is 1. The number of urea groups is 1. The van der Waals surface area contributed by atoms with Crippen molar-refractivity contribution in [3.8, 4) is 0 Å². The van der Waals surface area contributed by atoms with Gasteiger partial charge >= 0.3 is 6.03 Å². The van der Waals surface area contributed by atoms with E-state index in [1.165, 1.54) is 0 Å². The van der Waals surface area contributed by atoms with Gasteiger partial charge in [0.15, 0.2) is 0 Å². The molecule has 1 fully saturated rings. The highest BCUT2D eigenvalue weighted by molar-refractivity contribution is 7.88. The SMILES string of the molecule is CC(C)C1CCN(C(=O)NCCNS(C)(=O)=O)CC1. The maximum atomic E-state index is 11.8. The molecule has 1 aliphatic heterocycles. The highest BCUT2D eigenvalue weighted by Crippen LogP contribution is 2.24. The first-order chi connectivity index (χ1) is 8.79. The van der Waals surface area contributed by atoms with Gasteiger partial charge in [-0.1, -0.05) is 13.8 Å². The van der Waals surface area contributed by atoms with E-state index in [0.717, 1.165) is 32.2 Å². The number of carbonyl (C=O) groups is 1. The van der Waals surface area contributed by atoms with Crippen molar-refractivity contribution in [2.45, 2.75) is 26.7 Å². The molecule has 0 bridgehead atoms. The molecule has 0 aromatic carbocycles. The van der Waals surface area contributed by atoms with Crippen LogP contribution in [0.15, 0.2) is 0 Å². The first-order valence-corrected chi connectivity index (χ1v) is 8.66. The summed E-state index contributed by atoms with van der Waals surface area (Å²) in [5, 5.41) is 2.73. The van der Waals surface area contributed by atoms with Crippen LogP contribution < -0.4 is 10.0 Å². The summed E-state index contributed by atoms with van der Waals surface area (Å²) in [6, 6.07) is -0.0995. The Labute approximate surface area is 116 Å². The van der Waals surface area contributed by atoms with Gasteiger partial charge in [-0.25, -0.2) is 17.9 Å². The van der Waals surface area contributed by atoms with Crippen LogP contribution in [-0.4, -0.2) is 51.8 Å². The van der Waals surface area contributed by atoms with Crippen LogP contribution in [0.25, 0.3) is 0 Å². The first kappa shape index (κ1) is 16.2. The average Bonchev–Trinajstić information content (AvgIpc) is 2.33. The molecule has 7 heteroatoms. The fourth-order valence-electron chi connectivity index (χ4n) is 2.29. The number of hydrogen-bond donors (Lipinski definition) is 2. The lowest BCUT2D eigenvalue weighted by Crippen LogP contribution is -2.46. The van der Waals surface area contributed by atoms with Crippen molar-refractivity contribution in [2.24, 2.45) is 11.8 Å². The molecule has 112 valence electrons. The molecular weight excluding hydrogens is 266 g/mol. The number of rotatable bonds is 5. The number of hydrogen-bond acceptors (Lipinski definition) is 3. The van der Waals surface area contributed by atoms with E-state index in [4.69, 9.17) is 0 Å². The predicted octanol–water partition coefficient (Wildman–Crippen LogP) is 0.613. The fraction of sp³-hybridized carbons (Fsp3) is 0.917. The van der Waals surface area contributed by atoms with Crippen LogP contribution in [0.4, 0.5) is 4.79 Å². The van der Waals surface area contributed by atoms with E-state index in [9.17, 15) is 13.2 Å². The molecule has 19 heavy (non-hydrogen) atoms. The lowest BCUT2D eigenvalue weighted by molar-refractivity contribution is 0.157. The van der Waals surface area contributed by atoms with Crippen molar-refractivity contribution < 1.29 is 13.2 Å². The van der Waals surface area contributed by atoms with Gasteiger partial charge in [0.1, 0.15) is 0 Å². The molecule has 0 unspecified atom stereocenters. The van der Waals surface area contributed by atoms with Gasteiger partial charge in [-0.15, -0.1) is 0 Å². The molecule has 1 heterocycles. The van der Waals surface area contributed by atoms with Crippen molar-refractivity contribution in [2.75, 3.05) is 32.4 Å². The summed E-state index contributed by atoms with van der Waals surface area (Å²) in [6.45, 7) is 6.56. The minimum atomic E-state index is -3.18. The number of amides is 2. The Morgan fingerprint density at radius 3 is 2.32 bits per heavy atom. The van der Waals surface area contributed by atoms with E-state index in [1.54, 1.807) is 4.90 Å². The molecule has 1 rings (SSSR count). The van der Waals surface area contributed by atoms with Gasteiger partial charge in [-0.05, 0) is 24.7 Å². The number of nitrogens with zero attached hydrogens (tertiary/aromatic N) is 1. The molecule has 0 aromatic heterocycles. The highest BCUT2D eigenvalue weighted by Gasteiger charge is 2.24. The van der Waals surface area contributed by atoms with Gasteiger partial charge in [-0.3, -0.25) is 0 Å². The summed E-state index contributed by atoms with van der Waals surface area (Å²) in [5.74, 6) is 1.38. The van der Waals surface area contributed by atoms with Gasteiger partial charge < -0.3 is 10.2 Å². The predicted molar refractivity (Wildman–Crippen MR) is 75.4 cm³/mol. The topological polar surface area (TPSA) is 78.5 Å². The normalized spacial score (nSPS) is 17.8. The van der Waals surface area contributed by atoms with Crippen LogP contribution in [0.5, 0.6) is 0 Å². The van der Waals surface area contributed by atoms with E-state index < -0.39 is 10.0 Å². The third-order valence-electron chi connectivity index (χ3n) is 3.54. The second kappa shape index (κ2) is 7.09. The zero-order valence-corrected chi connectivity index (χ0v) is 12.8. The molecule has 0 atom stereocenters. The van der Waals surface area contributed by atoms with Crippen LogP contribution in [0.2, 0.25) is 0 Å². The molecule has 1 aliphatic rings. The lowest BCUT2D eigenvalue weighted by Gasteiger charge is -2.33. The van der Waals surface area contributed by atoms with E-state index in [2.05, 4.69) is 23.9 Å². The minimum Gasteiger partial charge on any atom is -0.337 e. The van der Waals surface area contributed by atoms with Crippen molar-refractivity contribution in [3.63, 3.8) is 0 Å². The molecule has 6 nitrogen and oxygen atoms in total. The van der Waals surface area contributed by atoms with Crippen molar-refractivity contribution in [1.29, 1.82) is 0 Å². The largest absolute Gasteiger partial charge is 0.337 e. The second-order valence-corrected chi connectivity index (χ2v) is 7.30. The Morgan fingerprint density at radius 2 is 1.84 bits per heavy atom. The molecule has 0 radical (unpaired) electrons. The maximum Gasteiger partial charge on any atom is 0.317 e. The van der Waals surface area contributed by atoms with E-state index in [0.29, 0.717) is 18.4 Å². The zero-order chi connectivity index (χ0) is 14.5. The molecule has 0 spiro atoms. The summed E-state index contributed by atoms with van der Waals surface area (Å²) >= 11 is 0. The lowest BCUT2D eigenvalue weighted by atomic mass is 9.87. The molecule has 1 saturated heterocycles. The minimum absolute atomic E-state index is 0.0995. The van der Waals surface area contributed by atoms with Gasteiger partial charge in [0.25, 0.3) is 0 Å². The second-order valence-electron chi connectivity index (χ2n) is 5.47. The van der Waals surface area contributed by atoms with Crippen molar-refractivity contribution in [1.82, 2.24) is 14.9 Å². The zero-order valence-electron chi connectivity index (χ0n) is 12.0. The smallest absolute Gasteiger partial charge is 0.317 e. The summed E-state index contributed by atoms with van der Waals surface area (Å²) in [7, 11) is -3.18. The number of sulfonamides is 1. The van der Waals surface area contributed by atoms with E-state index >= 15 is 0 Å². The average molecular weight is 291 g/mol. The monoisotopic (exact) mass is 291 g/mol. The number of likely N-dealkylation sites (tertiary alicyclic amines) is 1. The third-order valence-corrected chi connectivity index (χ3v) is 4.26. The van der Waals surface area contributed by atoms with Crippen LogP contribution >= 0.6 is 0 Å². The fourth-order valence-corrected chi connectivity index (χ4v) is 2.76. The molecule has 2 amide bonds. The van der Waals surface area contributed by atoms with Crippen LogP contribution in [-0.2, 0) is 10.0 Å². The highest BCUT2D eigenvalue weighted by atomic mass is 32.2. The van der Waals surface area contributed by atoms with E-state index in [1.807, 2.05) is 0 Å². The van der Waals surface area contributed by atoms with Crippen LogP contribution in [0, 0.1) is 11.8 Å². The molecule has 0 aliphatic carbocycles. The van der Waals surface area contributed by atoms with Gasteiger partial charge in [0, 0.05) is 26.2 Å². The van der Waals surface area contributed by atoms with Gasteiger partial charge in [0.2, 0.25) is 10.0 Å².